The number of nitrogens with zero attached hydrogens (tertiary/aromatic N) is 2. The Balaban J connectivity index is 1.52. The number of hydrogen-bond acceptors (Lipinski definition) is 4. The molecule has 1 aromatic carbocycles. The number of ether oxygens (including phenoxy) is 1. The number of carboxylic acids is 1. The molecule has 4 rings (SSSR count). The quantitative estimate of drug-likeness (QED) is 0.901. The van der Waals surface area contributed by atoms with Gasteiger partial charge in [0.05, 0.1) is 12.3 Å². The van der Waals surface area contributed by atoms with Crippen LogP contribution in [0.2, 0.25) is 0 Å². The fourth-order valence-electron chi connectivity index (χ4n) is 3.63. The lowest BCUT2D eigenvalue weighted by molar-refractivity contribution is -0.178. The predicted molar refractivity (Wildman–Crippen MR) is 88.4 cm³/mol. The van der Waals surface area contributed by atoms with E-state index in [9.17, 15) is 9.90 Å². The average Bonchev–Trinajstić information content (AvgIpc) is 3.02. The van der Waals surface area contributed by atoms with Crippen LogP contribution in [0.5, 0.6) is 0 Å². The standard InChI is InChI=1S/C18H21N3O3/c22-17(23)16-11-21(18(12-24-16)7-4-8-18)10-14-9-15(20-19-14)13-5-2-1-3-6-13/h1-3,5-6,9,16H,4,7-8,10-12H2,(H,19,20)(H,22,23). The van der Waals surface area contributed by atoms with E-state index < -0.39 is 12.1 Å². The van der Waals surface area contributed by atoms with Crippen LogP contribution in [-0.4, -0.2) is 51.0 Å². The second kappa shape index (κ2) is 6.03. The Hall–Kier alpha value is -2.18. The number of carbonyl (C=O) groups is 1. The van der Waals surface area contributed by atoms with E-state index >= 15 is 0 Å². The van der Waals surface area contributed by atoms with Crippen molar-refractivity contribution in [3.8, 4) is 11.3 Å². The van der Waals surface area contributed by atoms with Crippen molar-refractivity contribution in [1.82, 2.24) is 15.1 Å². The second-order valence-electron chi connectivity index (χ2n) is 6.74. The van der Waals surface area contributed by atoms with Crippen molar-refractivity contribution in [3.63, 3.8) is 0 Å². The molecule has 1 spiro atoms. The highest BCUT2D eigenvalue weighted by atomic mass is 16.5. The molecule has 2 N–H and O–H groups in total. The molecule has 1 saturated heterocycles. The molecular formula is C18H21N3O3. The maximum Gasteiger partial charge on any atom is 0.334 e. The number of aliphatic carboxylic acids is 1. The second-order valence-corrected chi connectivity index (χ2v) is 6.74. The monoisotopic (exact) mass is 327 g/mol. The lowest BCUT2D eigenvalue weighted by Gasteiger charge is -2.53. The van der Waals surface area contributed by atoms with Gasteiger partial charge in [0.2, 0.25) is 0 Å². The first kappa shape index (κ1) is 15.4. The first-order valence-electron chi connectivity index (χ1n) is 8.35. The summed E-state index contributed by atoms with van der Waals surface area (Å²) in [4.78, 5) is 13.6. The minimum atomic E-state index is -0.885. The zero-order chi connectivity index (χ0) is 16.6. The molecule has 1 saturated carbocycles. The van der Waals surface area contributed by atoms with Crippen LogP contribution >= 0.6 is 0 Å². The molecule has 2 fully saturated rings. The zero-order valence-corrected chi connectivity index (χ0v) is 13.4. The largest absolute Gasteiger partial charge is 0.479 e. The summed E-state index contributed by atoms with van der Waals surface area (Å²) in [5.41, 5.74) is 3.00. The number of rotatable bonds is 4. The molecule has 1 aliphatic carbocycles. The van der Waals surface area contributed by atoms with E-state index in [1.54, 1.807) is 0 Å². The summed E-state index contributed by atoms with van der Waals surface area (Å²) in [5.74, 6) is -0.885. The van der Waals surface area contributed by atoms with Crippen molar-refractivity contribution in [1.29, 1.82) is 0 Å². The van der Waals surface area contributed by atoms with Gasteiger partial charge in [0.1, 0.15) is 0 Å². The molecule has 0 radical (unpaired) electrons. The first-order chi connectivity index (χ1) is 11.7. The molecule has 0 amide bonds. The van der Waals surface area contributed by atoms with Gasteiger partial charge in [-0.2, -0.15) is 5.10 Å². The van der Waals surface area contributed by atoms with Gasteiger partial charge in [0.15, 0.2) is 6.10 Å². The van der Waals surface area contributed by atoms with Crippen molar-refractivity contribution < 1.29 is 14.6 Å². The van der Waals surface area contributed by atoms with Gasteiger partial charge in [-0.25, -0.2) is 4.79 Å². The van der Waals surface area contributed by atoms with Crippen LogP contribution in [-0.2, 0) is 16.1 Å². The highest BCUT2D eigenvalue weighted by Crippen LogP contribution is 2.41. The molecule has 2 heterocycles. The number of carboxylic acid groups (broad SMARTS) is 1. The average molecular weight is 327 g/mol. The highest BCUT2D eigenvalue weighted by Gasteiger charge is 2.48. The van der Waals surface area contributed by atoms with E-state index in [-0.39, 0.29) is 5.54 Å². The van der Waals surface area contributed by atoms with E-state index in [1.165, 1.54) is 6.42 Å². The Bertz CT molecular complexity index is 724. The minimum Gasteiger partial charge on any atom is -0.479 e. The van der Waals surface area contributed by atoms with Gasteiger partial charge in [0.25, 0.3) is 0 Å². The Labute approximate surface area is 140 Å². The Kier molecular flexibility index (Phi) is 3.86. The Morgan fingerprint density at radius 3 is 2.83 bits per heavy atom. The summed E-state index contributed by atoms with van der Waals surface area (Å²) < 4.78 is 5.57. The van der Waals surface area contributed by atoms with E-state index in [0.29, 0.717) is 19.7 Å². The van der Waals surface area contributed by atoms with Gasteiger partial charge in [-0.05, 0) is 25.3 Å². The molecule has 1 atom stereocenters. The van der Waals surface area contributed by atoms with E-state index in [2.05, 4.69) is 15.1 Å². The van der Waals surface area contributed by atoms with Crippen LogP contribution < -0.4 is 0 Å². The van der Waals surface area contributed by atoms with Crippen molar-refractivity contribution in [2.75, 3.05) is 13.2 Å². The molecule has 6 nitrogen and oxygen atoms in total. The molecule has 1 aromatic heterocycles. The smallest absolute Gasteiger partial charge is 0.334 e. The van der Waals surface area contributed by atoms with Crippen molar-refractivity contribution in [2.24, 2.45) is 0 Å². The topological polar surface area (TPSA) is 78.5 Å². The zero-order valence-electron chi connectivity index (χ0n) is 13.4. The van der Waals surface area contributed by atoms with E-state index in [4.69, 9.17) is 4.74 Å². The summed E-state index contributed by atoms with van der Waals surface area (Å²) in [6.45, 7) is 1.60. The van der Waals surface area contributed by atoms with Crippen LogP contribution in [0.15, 0.2) is 36.4 Å². The van der Waals surface area contributed by atoms with Crippen LogP contribution in [0.1, 0.15) is 25.0 Å². The van der Waals surface area contributed by atoms with Crippen molar-refractivity contribution in [3.05, 3.63) is 42.1 Å². The highest BCUT2D eigenvalue weighted by molar-refractivity contribution is 5.72. The number of aromatic amines is 1. The number of benzene rings is 1. The third-order valence-corrected chi connectivity index (χ3v) is 5.23. The summed E-state index contributed by atoms with van der Waals surface area (Å²) >= 11 is 0. The maximum absolute atomic E-state index is 11.3. The number of H-pyrrole nitrogens is 1. The molecule has 1 aliphatic heterocycles. The summed E-state index contributed by atoms with van der Waals surface area (Å²) in [6.07, 6.45) is 2.57. The molecule has 6 heteroatoms. The van der Waals surface area contributed by atoms with Gasteiger partial charge in [-0.1, -0.05) is 30.3 Å². The number of hydrogen-bond donors (Lipinski definition) is 2. The molecular weight excluding hydrogens is 306 g/mol. The fourth-order valence-corrected chi connectivity index (χ4v) is 3.63. The van der Waals surface area contributed by atoms with Crippen LogP contribution in [0.25, 0.3) is 11.3 Å². The number of morpholine rings is 1. The SMILES string of the molecule is O=C(O)C1CN(Cc2cc(-c3ccccc3)n[nH]2)C2(CCC2)CO1. The Morgan fingerprint density at radius 1 is 1.38 bits per heavy atom. The molecule has 126 valence electrons. The van der Waals surface area contributed by atoms with Crippen LogP contribution in [0.4, 0.5) is 0 Å². The van der Waals surface area contributed by atoms with Gasteiger partial charge >= 0.3 is 5.97 Å². The van der Waals surface area contributed by atoms with Crippen molar-refractivity contribution in [2.45, 2.75) is 37.5 Å². The van der Waals surface area contributed by atoms with Gasteiger partial charge < -0.3 is 9.84 Å². The predicted octanol–water partition coefficient (Wildman–Crippen LogP) is 2.28. The molecule has 1 unspecified atom stereocenters. The molecule has 24 heavy (non-hydrogen) atoms. The number of nitrogens with one attached hydrogen (secondary N) is 1. The summed E-state index contributed by atoms with van der Waals surface area (Å²) in [5, 5.41) is 16.8. The van der Waals surface area contributed by atoms with Gasteiger partial charge in [-0.15, -0.1) is 0 Å². The lowest BCUT2D eigenvalue weighted by Crippen LogP contribution is -2.63. The van der Waals surface area contributed by atoms with E-state index in [0.717, 1.165) is 29.8 Å². The summed E-state index contributed by atoms with van der Waals surface area (Å²) in [6, 6.07) is 12.1. The van der Waals surface area contributed by atoms with Crippen LogP contribution in [0.3, 0.4) is 0 Å². The maximum atomic E-state index is 11.3. The lowest BCUT2D eigenvalue weighted by atomic mass is 9.74. The molecule has 0 bridgehead atoms. The first-order valence-corrected chi connectivity index (χ1v) is 8.35. The fraction of sp³-hybridized carbons (Fsp3) is 0.444. The van der Waals surface area contributed by atoms with Crippen LogP contribution in [0, 0.1) is 0 Å². The molecule has 2 aliphatic rings. The Morgan fingerprint density at radius 2 is 2.17 bits per heavy atom. The normalized spacial score (nSPS) is 23.1. The van der Waals surface area contributed by atoms with E-state index in [1.807, 2.05) is 36.4 Å². The minimum absolute atomic E-state index is 0.00394. The summed E-state index contributed by atoms with van der Waals surface area (Å²) in [7, 11) is 0. The van der Waals surface area contributed by atoms with Gasteiger partial charge in [-0.3, -0.25) is 10.00 Å². The van der Waals surface area contributed by atoms with Crippen molar-refractivity contribution >= 4 is 5.97 Å². The number of aromatic nitrogens is 2. The van der Waals surface area contributed by atoms with Gasteiger partial charge in [0, 0.05) is 29.9 Å². The molecule has 2 aromatic rings. The third-order valence-electron chi connectivity index (χ3n) is 5.23. The third kappa shape index (κ3) is 2.72.